The molecule has 0 amide bonds. The summed E-state index contributed by atoms with van der Waals surface area (Å²) in [6, 6.07) is 0. The van der Waals surface area contributed by atoms with Gasteiger partial charge in [0.2, 0.25) is 0 Å². The zero-order valence-corrected chi connectivity index (χ0v) is 11.8. The molecule has 0 aromatic carbocycles. The third kappa shape index (κ3) is 10.1. The van der Waals surface area contributed by atoms with Gasteiger partial charge in [-0.3, -0.25) is 0 Å². The first kappa shape index (κ1) is 16.2. The molecule has 0 heterocycles. The third-order valence-corrected chi connectivity index (χ3v) is 2.86. The maximum atomic E-state index is 11.3. The molecule has 0 aromatic heterocycles. The van der Waals surface area contributed by atoms with Crippen molar-refractivity contribution in [1.29, 1.82) is 0 Å². The van der Waals surface area contributed by atoms with Gasteiger partial charge in [-0.05, 0) is 26.7 Å². The predicted octanol–water partition coefficient (Wildman–Crippen LogP) is 4.64. The predicted molar refractivity (Wildman–Crippen MR) is 73.0 cm³/mol. The highest BCUT2D eigenvalue weighted by Gasteiger charge is 2.02. The normalized spacial score (nSPS) is 11.6. The minimum Gasteiger partial charge on any atom is -0.463 e. The van der Waals surface area contributed by atoms with Gasteiger partial charge in [0.1, 0.15) is 0 Å². The molecular weight excluding hydrogens is 212 g/mol. The van der Waals surface area contributed by atoms with Crippen LogP contribution in [-0.2, 0) is 9.53 Å². The van der Waals surface area contributed by atoms with Crippen molar-refractivity contribution < 1.29 is 9.53 Å². The van der Waals surface area contributed by atoms with E-state index in [0.717, 1.165) is 12.0 Å². The van der Waals surface area contributed by atoms with E-state index in [4.69, 9.17) is 4.74 Å². The van der Waals surface area contributed by atoms with E-state index >= 15 is 0 Å². The lowest BCUT2D eigenvalue weighted by molar-refractivity contribution is -0.138. The van der Waals surface area contributed by atoms with Crippen LogP contribution < -0.4 is 0 Å². The Hall–Kier alpha value is -0.790. The minimum atomic E-state index is -0.171. The average Bonchev–Trinajstić information content (AvgIpc) is 2.32. The lowest BCUT2D eigenvalue weighted by atomic mass is 10.1. The van der Waals surface area contributed by atoms with Crippen LogP contribution in [0.3, 0.4) is 0 Å². The van der Waals surface area contributed by atoms with Gasteiger partial charge in [0.15, 0.2) is 0 Å². The topological polar surface area (TPSA) is 26.3 Å². The Morgan fingerprint density at radius 1 is 1.00 bits per heavy atom. The van der Waals surface area contributed by atoms with Crippen molar-refractivity contribution >= 4 is 5.97 Å². The number of rotatable bonds is 10. The van der Waals surface area contributed by atoms with Crippen LogP contribution in [0.5, 0.6) is 0 Å². The maximum absolute atomic E-state index is 11.3. The quantitative estimate of drug-likeness (QED) is 0.316. The molecule has 0 unspecified atom stereocenters. The van der Waals surface area contributed by atoms with Crippen LogP contribution in [-0.4, -0.2) is 12.6 Å². The number of ether oxygens (including phenoxy) is 1. The van der Waals surface area contributed by atoms with Crippen molar-refractivity contribution in [2.24, 2.45) is 0 Å². The number of hydrogen-bond donors (Lipinski definition) is 0. The molecule has 0 atom stereocenters. The van der Waals surface area contributed by atoms with Gasteiger partial charge >= 0.3 is 5.97 Å². The van der Waals surface area contributed by atoms with E-state index in [1.165, 1.54) is 44.9 Å². The maximum Gasteiger partial charge on any atom is 0.333 e. The first-order valence-electron chi connectivity index (χ1n) is 7.06. The first-order valence-corrected chi connectivity index (χ1v) is 7.06. The van der Waals surface area contributed by atoms with Crippen LogP contribution >= 0.6 is 0 Å². The Labute approximate surface area is 106 Å². The average molecular weight is 240 g/mol. The third-order valence-electron chi connectivity index (χ3n) is 2.86. The summed E-state index contributed by atoms with van der Waals surface area (Å²) in [5.41, 5.74) is 0.748. The van der Waals surface area contributed by atoms with E-state index in [2.05, 4.69) is 6.92 Å². The van der Waals surface area contributed by atoms with E-state index < -0.39 is 0 Å². The summed E-state index contributed by atoms with van der Waals surface area (Å²) in [5.74, 6) is -0.171. The molecule has 0 aliphatic heterocycles. The molecule has 2 heteroatoms. The van der Waals surface area contributed by atoms with Crippen LogP contribution in [0.2, 0.25) is 0 Å². The van der Waals surface area contributed by atoms with E-state index in [-0.39, 0.29) is 5.97 Å². The van der Waals surface area contributed by atoms with Crippen LogP contribution in [0.25, 0.3) is 0 Å². The smallest absolute Gasteiger partial charge is 0.333 e. The van der Waals surface area contributed by atoms with Crippen molar-refractivity contribution in [2.45, 2.75) is 72.1 Å². The lowest BCUT2D eigenvalue weighted by Gasteiger charge is -2.02. The van der Waals surface area contributed by atoms with Gasteiger partial charge < -0.3 is 4.74 Å². The van der Waals surface area contributed by atoms with Crippen LogP contribution in [0.15, 0.2) is 11.6 Å². The standard InChI is InChI=1S/C15H28O2/c1-4-6-7-8-9-10-11-12-13-14(3)15(16)17-5-2/h13H,4-12H2,1-3H3. The van der Waals surface area contributed by atoms with E-state index in [9.17, 15) is 4.79 Å². The summed E-state index contributed by atoms with van der Waals surface area (Å²) in [6.07, 6.45) is 12.2. The van der Waals surface area contributed by atoms with Gasteiger partial charge in [-0.15, -0.1) is 0 Å². The van der Waals surface area contributed by atoms with Crippen molar-refractivity contribution in [3.63, 3.8) is 0 Å². The summed E-state index contributed by atoms with van der Waals surface area (Å²) in [6.45, 7) is 6.37. The second-order valence-electron chi connectivity index (χ2n) is 4.52. The van der Waals surface area contributed by atoms with Crippen molar-refractivity contribution in [3.8, 4) is 0 Å². The number of carbonyl (C=O) groups is 1. The Balaban J connectivity index is 3.42. The number of allylic oxidation sites excluding steroid dienone is 1. The second-order valence-corrected chi connectivity index (χ2v) is 4.52. The SMILES string of the molecule is CCCCCCCCCC=C(C)C(=O)OCC. The van der Waals surface area contributed by atoms with Gasteiger partial charge in [0.05, 0.1) is 6.61 Å². The molecule has 0 aliphatic rings. The molecule has 0 saturated heterocycles. The molecule has 0 spiro atoms. The van der Waals surface area contributed by atoms with Gasteiger partial charge in [-0.1, -0.05) is 51.5 Å². The highest BCUT2D eigenvalue weighted by atomic mass is 16.5. The molecule has 0 saturated carbocycles. The fraction of sp³-hybridized carbons (Fsp3) is 0.800. The van der Waals surface area contributed by atoms with Crippen LogP contribution in [0, 0.1) is 0 Å². The fourth-order valence-electron chi connectivity index (χ4n) is 1.75. The van der Waals surface area contributed by atoms with Gasteiger partial charge in [0.25, 0.3) is 0 Å². The van der Waals surface area contributed by atoms with Crippen molar-refractivity contribution in [2.75, 3.05) is 6.61 Å². The van der Waals surface area contributed by atoms with Crippen molar-refractivity contribution in [3.05, 3.63) is 11.6 Å². The number of unbranched alkanes of at least 4 members (excludes halogenated alkanes) is 7. The molecule has 0 radical (unpaired) electrons. The van der Waals surface area contributed by atoms with Crippen LogP contribution in [0.4, 0.5) is 0 Å². The summed E-state index contributed by atoms with van der Waals surface area (Å²) in [5, 5.41) is 0. The number of carbonyl (C=O) groups excluding carboxylic acids is 1. The lowest BCUT2D eigenvalue weighted by Crippen LogP contribution is -2.04. The highest BCUT2D eigenvalue weighted by Crippen LogP contribution is 2.09. The summed E-state index contributed by atoms with van der Waals surface area (Å²) >= 11 is 0. The Kier molecular flexibility index (Phi) is 11.1. The highest BCUT2D eigenvalue weighted by molar-refractivity contribution is 5.87. The molecule has 100 valence electrons. The minimum absolute atomic E-state index is 0.171. The second kappa shape index (κ2) is 11.7. The van der Waals surface area contributed by atoms with E-state index in [1.54, 1.807) is 0 Å². The molecule has 17 heavy (non-hydrogen) atoms. The van der Waals surface area contributed by atoms with Crippen molar-refractivity contribution in [1.82, 2.24) is 0 Å². The Bertz CT molecular complexity index is 219. The van der Waals surface area contributed by atoms with Crippen LogP contribution in [0.1, 0.15) is 72.1 Å². The van der Waals surface area contributed by atoms with Gasteiger partial charge in [-0.2, -0.15) is 0 Å². The number of hydrogen-bond acceptors (Lipinski definition) is 2. The number of esters is 1. The molecule has 0 fully saturated rings. The zero-order chi connectivity index (χ0) is 12.9. The summed E-state index contributed by atoms with van der Waals surface area (Å²) < 4.78 is 4.92. The molecular formula is C15H28O2. The first-order chi connectivity index (χ1) is 8.22. The summed E-state index contributed by atoms with van der Waals surface area (Å²) in [7, 11) is 0. The monoisotopic (exact) mass is 240 g/mol. The molecule has 0 aliphatic carbocycles. The molecule has 0 rings (SSSR count). The van der Waals surface area contributed by atoms with E-state index in [1.807, 2.05) is 19.9 Å². The van der Waals surface area contributed by atoms with E-state index in [0.29, 0.717) is 6.61 Å². The summed E-state index contributed by atoms with van der Waals surface area (Å²) in [4.78, 5) is 11.3. The molecule has 0 N–H and O–H groups in total. The fourth-order valence-corrected chi connectivity index (χ4v) is 1.75. The van der Waals surface area contributed by atoms with Gasteiger partial charge in [0, 0.05) is 5.57 Å². The molecule has 0 bridgehead atoms. The van der Waals surface area contributed by atoms with Gasteiger partial charge in [-0.25, -0.2) is 4.79 Å². The largest absolute Gasteiger partial charge is 0.463 e. The Morgan fingerprint density at radius 3 is 2.18 bits per heavy atom. The molecule has 0 aromatic rings. The Morgan fingerprint density at radius 2 is 1.59 bits per heavy atom. The molecule has 2 nitrogen and oxygen atoms in total. The zero-order valence-electron chi connectivity index (χ0n) is 11.8.